The lowest BCUT2D eigenvalue weighted by molar-refractivity contribution is -1.07. The van der Waals surface area contributed by atoms with Gasteiger partial charge in [0.15, 0.2) is 0 Å². The molecule has 1 saturated heterocycles. The predicted molar refractivity (Wildman–Crippen MR) is 74.5 cm³/mol. The molecule has 1 aliphatic heterocycles. The van der Waals surface area contributed by atoms with Crippen molar-refractivity contribution in [3.05, 3.63) is 0 Å². The van der Waals surface area contributed by atoms with Gasteiger partial charge in [0.25, 0.3) is 0 Å². The first-order valence-corrected chi connectivity index (χ1v) is 9.40. The maximum Gasteiger partial charge on any atom is 0.460 e. The van der Waals surface area contributed by atoms with Crippen LogP contribution in [0.3, 0.4) is 0 Å². The van der Waals surface area contributed by atoms with Crippen molar-refractivity contribution >= 4 is 10.1 Å². The highest BCUT2D eigenvalue weighted by Gasteiger charge is 2.86. The molecule has 0 spiro atoms. The zero-order valence-electron chi connectivity index (χ0n) is 14.1. The fourth-order valence-electron chi connectivity index (χ4n) is 2.67. The minimum Gasteiger partial charge on any atom is -0.191 e. The summed E-state index contributed by atoms with van der Waals surface area (Å²) in [5, 5.41) is -6.81. The summed E-state index contributed by atoms with van der Waals surface area (Å²) in [6.07, 6.45) is -5.13. The second-order valence-corrected chi connectivity index (χ2v) is 7.91. The average molecular weight is 440 g/mol. The molecule has 0 atom stereocenters. The van der Waals surface area contributed by atoms with Gasteiger partial charge in [0, 0.05) is 12.8 Å². The molecule has 0 radical (unpaired) electrons. The second-order valence-electron chi connectivity index (χ2n) is 6.34. The van der Waals surface area contributed by atoms with Crippen molar-refractivity contribution in [1.82, 2.24) is 0 Å². The van der Waals surface area contributed by atoms with Crippen LogP contribution >= 0.6 is 0 Å². The third-order valence-corrected chi connectivity index (χ3v) is 5.63. The fourth-order valence-corrected chi connectivity index (χ4v) is 3.85. The number of nitrogens with zero attached hydrogens (tertiary/aromatic N) is 1. The molecule has 1 rings (SSSR count). The summed E-state index contributed by atoms with van der Waals surface area (Å²) >= 11 is 0. The third-order valence-electron chi connectivity index (χ3n) is 4.24. The molecule has 0 N–H and O–H groups in total. The first-order chi connectivity index (χ1) is 12.0. The van der Waals surface area contributed by atoms with Crippen molar-refractivity contribution in [2.24, 2.45) is 0 Å². The molecule has 0 aromatic carbocycles. The molecule has 0 bridgehead atoms. The molecule has 1 aliphatic rings. The van der Waals surface area contributed by atoms with E-state index >= 15 is 0 Å². The van der Waals surface area contributed by atoms with Crippen molar-refractivity contribution in [1.29, 1.82) is 0 Å². The van der Waals surface area contributed by atoms with Gasteiger partial charge in [-0.1, -0.05) is 17.6 Å². The number of halogens is 9. The van der Waals surface area contributed by atoms with Crippen LogP contribution in [0.15, 0.2) is 0 Å². The van der Waals surface area contributed by atoms with Crippen molar-refractivity contribution in [2.75, 3.05) is 19.6 Å². The molecule has 0 aliphatic carbocycles. The van der Waals surface area contributed by atoms with E-state index in [1.54, 1.807) is 6.92 Å². The van der Waals surface area contributed by atoms with Gasteiger partial charge in [-0.3, -0.25) is 0 Å². The topological polar surface area (TPSA) is 43.4 Å². The van der Waals surface area contributed by atoms with Crippen LogP contribution < -0.4 is 0 Å². The first kappa shape index (κ1) is 24.3. The fraction of sp³-hybridized carbons (Fsp3) is 1.00. The van der Waals surface area contributed by atoms with Gasteiger partial charge in [0.2, 0.25) is 0 Å². The molecule has 162 valence electrons. The van der Waals surface area contributed by atoms with Gasteiger partial charge >= 0.3 is 33.4 Å². The number of rotatable bonds is 9. The summed E-state index contributed by atoms with van der Waals surface area (Å²) in [6.45, 7) is 1.21. The lowest BCUT2D eigenvalue weighted by Crippen LogP contribution is -2.64. The average Bonchev–Trinajstić information content (AvgIpc) is 2.93. The van der Waals surface area contributed by atoms with Gasteiger partial charge in [-0.05, 0) is 12.8 Å². The number of likely N-dealkylation sites (tertiary alicyclic amines) is 1. The highest BCUT2D eigenvalue weighted by molar-refractivity contribution is 7.87. The van der Waals surface area contributed by atoms with E-state index in [-0.39, 0.29) is 38.9 Å². The quantitative estimate of drug-likeness (QED) is 0.302. The molecule has 1 heterocycles. The minimum atomic E-state index is -7.29. The van der Waals surface area contributed by atoms with Gasteiger partial charge in [-0.25, -0.2) is 0 Å². The van der Waals surface area contributed by atoms with Crippen molar-refractivity contribution < 1.29 is 56.9 Å². The molecule has 1 fully saturated rings. The number of unbranched alkanes of at least 4 members (excludes halogenated alkanes) is 2. The number of hydrogen-bond acceptors (Lipinski definition) is 3. The summed E-state index contributed by atoms with van der Waals surface area (Å²) in [5.74, 6) is -14.6. The number of hydrogen-bond donors (Lipinski definition) is 0. The Morgan fingerprint density at radius 2 is 1.33 bits per heavy atom. The van der Waals surface area contributed by atoms with Gasteiger partial charge in [-0.15, -0.1) is 0 Å². The largest absolute Gasteiger partial charge is 0.460 e. The first-order valence-electron chi connectivity index (χ1n) is 7.99. The Kier molecular flexibility index (Phi) is 6.81. The van der Waals surface area contributed by atoms with Crippen LogP contribution in [0.2, 0.25) is 0 Å². The molecular formula is C13H19F9NO3S+. The Balaban J connectivity index is 3.23. The van der Waals surface area contributed by atoms with E-state index in [1.807, 2.05) is 0 Å². The van der Waals surface area contributed by atoms with Crippen molar-refractivity contribution in [3.8, 4) is 0 Å². The van der Waals surface area contributed by atoms with Crippen molar-refractivity contribution in [2.45, 2.75) is 62.3 Å². The van der Waals surface area contributed by atoms with E-state index in [1.165, 1.54) is 0 Å². The summed E-state index contributed by atoms with van der Waals surface area (Å²) in [4.78, 5) is 0. The SMILES string of the molecule is CCCCC[N+]1(OS(=O)(=O)C(F)(F)C(F)(F)C(F)(F)C(F)(F)F)CCCC1. The van der Waals surface area contributed by atoms with Crippen LogP contribution in [0, 0.1) is 0 Å². The standard InChI is InChI=1S/C13H19F9NO3S/c1-2-3-4-7-23(8-5-6-9-23)26-27(24,25)13(21,22)11(16,17)10(14,15)12(18,19)20/h2-9H2,1H3/q+1. The number of alkyl halides is 9. The summed E-state index contributed by atoms with van der Waals surface area (Å²) < 4.78 is 143. The predicted octanol–water partition coefficient (Wildman–Crippen LogP) is 4.47. The molecule has 14 heteroatoms. The lowest BCUT2D eigenvalue weighted by atomic mass is 10.1. The molecule has 0 saturated carbocycles. The zero-order valence-corrected chi connectivity index (χ0v) is 15.0. The van der Waals surface area contributed by atoms with E-state index in [2.05, 4.69) is 4.28 Å². The van der Waals surface area contributed by atoms with Crippen LogP contribution in [0.5, 0.6) is 0 Å². The van der Waals surface area contributed by atoms with Crippen LogP contribution in [0.25, 0.3) is 0 Å². The van der Waals surface area contributed by atoms with Gasteiger partial charge < -0.3 is 0 Å². The normalized spacial score (nSPS) is 19.5. The van der Waals surface area contributed by atoms with Gasteiger partial charge in [-0.2, -0.15) is 52.6 Å². The summed E-state index contributed by atoms with van der Waals surface area (Å²) in [7, 11) is -6.83. The maximum atomic E-state index is 13.8. The number of hydroxylamine groups is 3. The molecule has 4 nitrogen and oxygen atoms in total. The van der Waals surface area contributed by atoms with Crippen LogP contribution in [-0.2, 0) is 14.4 Å². The maximum absolute atomic E-state index is 13.8. The smallest absolute Gasteiger partial charge is 0.191 e. The number of quaternary nitrogens is 1. The van der Waals surface area contributed by atoms with Crippen LogP contribution in [-0.4, -0.2) is 56.0 Å². The molecule has 27 heavy (non-hydrogen) atoms. The molecular weight excluding hydrogens is 421 g/mol. The van der Waals surface area contributed by atoms with E-state index in [0.717, 1.165) is 0 Å². The summed E-state index contributed by atoms with van der Waals surface area (Å²) in [6, 6.07) is 0. The van der Waals surface area contributed by atoms with Crippen molar-refractivity contribution in [3.63, 3.8) is 0 Å². The Bertz CT molecular complexity index is 613. The molecule has 0 aromatic heterocycles. The summed E-state index contributed by atoms with van der Waals surface area (Å²) in [5.41, 5.74) is 0. The monoisotopic (exact) mass is 440 g/mol. The Morgan fingerprint density at radius 3 is 1.74 bits per heavy atom. The van der Waals surface area contributed by atoms with E-state index < -0.39 is 38.0 Å². The zero-order chi connectivity index (χ0) is 21.4. The molecule has 0 aromatic rings. The van der Waals surface area contributed by atoms with Crippen LogP contribution in [0.4, 0.5) is 39.5 Å². The Morgan fingerprint density at radius 1 is 0.852 bits per heavy atom. The third kappa shape index (κ3) is 4.31. The Labute approximate surface area is 149 Å². The minimum absolute atomic E-state index is 0.180. The van der Waals surface area contributed by atoms with E-state index in [9.17, 15) is 47.9 Å². The van der Waals surface area contributed by atoms with E-state index in [4.69, 9.17) is 0 Å². The van der Waals surface area contributed by atoms with Gasteiger partial charge in [0.05, 0.1) is 0 Å². The van der Waals surface area contributed by atoms with Gasteiger partial charge in [0.1, 0.15) is 19.6 Å². The Hall–Kier alpha value is -0.760. The second kappa shape index (κ2) is 7.58. The molecule has 0 unspecified atom stereocenters. The lowest BCUT2D eigenvalue weighted by Gasteiger charge is -2.35. The van der Waals surface area contributed by atoms with Crippen LogP contribution in [0.1, 0.15) is 39.0 Å². The van der Waals surface area contributed by atoms with E-state index in [0.29, 0.717) is 12.8 Å². The highest BCUT2D eigenvalue weighted by Crippen LogP contribution is 2.55. The highest BCUT2D eigenvalue weighted by atomic mass is 32.2. The molecule has 0 amide bonds.